The molecule has 0 bridgehead atoms. The van der Waals surface area contributed by atoms with E-state index < -0.39 is 6.10 Å². The van der Waals surface area contributed by atoms with Gasteiger partial charge in [0.25, 0.3) is 5.91 Å². The van der Waals surface area contributed by atoms with Crippen LogP contribution in [-0.4, -0.2) is 48.0 Å². The van der Waals surface area contributed by atoms with E-state index in [1.54, 1.807) is 23.5 Å². The number of ether oxygens (including phenoxy) is 1. The van der Waals surface area contributed by atoms with Crippen LogP contribution < -0.4 is 4.74 Å². The molecule has 1 amide bonds. The van der Waals surface area contributed by atoms with Crippen LogP contribution in [-0.2, 0) is 11.3 Å². The molecule has 1 atom stereocenters. The van der Waals surface area contributed by atoms with Gasteiger partial charge in [-0.25, -0.2) is 0 Å². The molecule has 134 valence electrons. The third-order valence-electron chi connectivity index (χ3n) is 4.43. The fraction of sp³-hybridized carbons (Fsp3) is 0.421. The summed E-state index contributed by atoms with van der Waals surface area (Å²) in [5.41, 5.74) is 0.945. The maximum Gasteiger partial charge on any atom is 0.263 e. The Morgan fingerprint density at radius 3 is 2.68 bits per heavy atom. The number of aryl methyl sites for hydroxylation is 1. The number of halogens is 1. The zero-order valence-corrected chi connectivity index (χ0v) is 16.1. The van der Waals surface area contributed by atoms with E-state index >= 15 is 0 Å². The smallest absolute Gasteiger partial charge is 0.263 e. The molecule has 25 heavy (non-hydrogen) atoms. The second kappa shape index (κ2) is 8.21. The number of hydrogen-bond donors (Lipinski definition) is 0. The van der Waals surface area contributed by atoms with Gasteiger partial charge in [0, 0.05) is 42.6 Å². The van der Waals surface area contributed by atoms with E-state index in [1.807, 2.05) is 24.8 Å². The molecule has 3 rings (SSSR count). The van der Waals surface area contributed by atoms with Crippen molar-refractivity contribution in [1.82, 2.24) is 9.80 Å². The summed E-state index contributed by atoms with van der Waals surface area (Å²) in [6, 6.07) is 9.71. The van der Waals surface area contributed by atoms with Crippen molar-refractivity contribution in [2.45, 2.75) is 26.5 Å². The molecular weight excluding hydrogens is 356 g/mol. The monoisotopic (exact) mass is 378 g/mol. The Labute approximate surface area is 158 Å². The van der Waals surface area contributed by atoms with Gasteiger partial charge in [-0.15, -0.1) is 11.3 Å². The number of hydrogen-bond acceptors (Lipinski definition) is 4. The minimum Gasteiger partial charge on any atom is -0.481 e. The van der Waals surface area contributed by atoms with E-state index in [0.717, 1.165) is 38.3 Å². The Balaban J connectivity index is 1.50. The van der Waals surface area contributed by atoms with Gasteiger partial charge in [0.1, 0.15) is 5.75 Å². The third kappa shape index (κ3) is 4.75. The van der Waals surface area contributed by atoms with Gasteiger partial charge in [0.05, 0.1) is 0 Å². The van der Waals surface area contributed by atoms with Crippen molar-refractivity contribution >= 4 is 28.8 Å². The number of nitrogens with zero attached hydrogens (tertiary/aromatic N) is 2. The Kier molecular flexibility index (Phi) is 5.99. The molecule has 1 aromatic heterocycles. The number of rotatable bonds is 5. The molecule has 0 radical (unpaired) electrons. The Morgan fingerprint density at radius 2 is 2.04 bits per heavy atom. The van der Waals surface area contributed by atoms with Crippen LogP contribution in [0.5, 0.6) is 5.75 Å². The minimum absolute atomic E-state index is 0.0448. The van der Waals surface area contributed by atoms with Gasteiger partial charge < -0.3 is 9.64 Å². The minimum atomic E-state index is -0.496. The Hall–Kier alpha value is -1.56. The van der Waals surface area contributed by atoms with E-state index in [4.69, 9.17) is 16.3 Å². The van der Waals surface area contributed by atoms with Gasteiger partial charge in [-0.1, -0.05) is 17.7 Å². The van der Waals surface area contributed by atoms with E-state index in [2.05, 4.69) is 22.4 Å². The standard InChI is InChI=1S/C19H23ClN2O2S/c1-14-12-16(5-6-18(14)20)24-15(2)19(23)22-9-7-21(8-10-22)13-17-4-3-11-25-17/h3-6,11-12,15H,7-10,13H2,1-2H3. The molecule has 6 heteroatoms. The average molecular weight is 379 g/mol. The number of carbonyl (C=O) groups excluding carboxylic acids is 1. The number of benzene rings is 1. The van der Waals surface area contributed by atoms with Gasteiger partial charge in [-0.05, 0) is 49.1 Å². The van der Waals surface area contributed by atoms with Crippen LogP contribution in [0.25, 0.3) is 0 Å². The van der Waals surface area contributed by atoms with Crippen LogP contribution in [0.4, 0.5) is 0 Å². The maximum atomic E-state index is 12.6. The molecule has 0 spiro atoms. The first-order valence-corrected chi connectivity index (χ1v) is 9.75. The second-order valence-corrected chi connectivity index (χ2v) is 7.79. The Bertz CT molecular complexity index is 712. The quantitative estimate of drug-likeness (QED) is 0.792. The lowest BCUT2D eigenvalue weighted by Crippen LogP contribution is -2.51. The van der Waals surface area contributed by atoms with Crippen molar-refractivity contribution in [3.8, 4) is 5.75 Å². The highest BCUT2D eigenvalue weighted by Crippen LogP contribution is 2.22. The SMILES string of the molecule is Cc1cc(OC(C)C(=O)N2CCN(Cc3cccs3)CC2)ccc1Cl. The first-order chi connectivity index (χ1) is 12.0. The molecule has 2 aromatic rings. The fourth-order valence-electron chi connectivity index (χ4n) is 2.95. The molecule has 1 aliphatic heterocycles. The highest BCUT2D eigenvalue weighted by molar-refractivity contribution is 7.09. The summed E-state index contributed by atoms with van der Waals surface area (Å²) in [6.07, 6.45) is -0.496. The summed E-state index contributed by atoms with van der Waals surface area (Å²) < 4.78 is 5.82. The summed E-state index contributed by atoms with van der Waals surface area (Å²) >= 11 is 7.81. The largest absolute Gasteiger partial charge is 0.481 e. The van der Waals surface area contributed by atoms with E-state index in [9.17, 15) is 4.79 Å². The molecule has 1 fully saturated rings. The van der Waals surface area contributed by atoms with Gasteiger partial charge in [-0.2, -0.15) is 0 Å². The van der Waals surface area contributed by atoms with E-state index in [0.29, 0.717) is 10.8 Å². The molecule has 4 nitrogen and oxygen atoms in total. The lowest BCUT2D eigenvalue weighted by Gasteiger charge is -2.35. The molecule has 1 aromatic carbocycles. The number of piperazine rings is 1. The highest BCUT2D eigenvalue weighted by atomic mass is 35.5. The van der Waals surface area contributed by atoms with Crippen molar-refractivity contribution in [3.63, 3.8) is 0 Å². The summed E-state index contributed by atoms with van der Waals surface area (Å²) in [4.78, 5) is 18.3. The fourth-order valence-corrected chi connectivity index (χ4v) is 3.82. The van der Waals surface area contributed by atoms with Crippen LogP contribution >= 0.6 is 22.9 Å². The lowest BCUT2D eigenvalue weighted by molar-refractivity contribution is -0.139. The summed E-state index contributed by atoms with van der Waals surface area (Å²) in [7, 11) is 0. The third-order valence-corrected chi connectivity index (χ3v) is 5.72. The van der Waals surface area contributed by atoms with Crippen LogP contribution in [0.1, 0.15) is 17.4 Å². The lowest BCUT2D eigenvalue weighted by atomic mass is 10.2. The first-order valence-electron chi connectivity index (χ1n) is 8.49. The topological polar surface area (TPSA) is 32.8 Å². The average Bonchev–Trinajstić information content (AvgIpc) is 3.11. The van der Waals surface area contributed by atoms with Crippen LogP contribution in [0.3, 0.4) is 0 Å². The molecule has 0 N–H and O–H groups in total. The maximum absolute atomic E-state index is 12.6. The number of amides is 1. The zero-order valence-electron chi connectivity index (χ0n) is 14.6. The Morgan fingerprint density at radius 1 is 1.28 bits per heavy atom. The highest BCUT2D eigenvalue weighted by Gasteiger charge is 2.26. The van der Waals surface area contributed by atoms with E-state index in [1.165, 1.54) is 4.88 Å². The van der Waals surface area contributed by atoms with Gasteiger partial charge in [0.15, 0.2) is 6.10 Å². The summed E-state index contributed by atoms with van der Waals surface area (Å²) in [5, 5.41) is 2.81. The normalized spacial score (nSPS) is 16.7. The van der Waals surface area contributed by atoms with Crippen molar-refractivity contribution in [2.24, 2.45) is 0 Å². The van der Waals surface area contributed by atoms with Gasteiger partial charge in [-0.3, -0.25) is 9.69 Å². The number of carbonyl (C=O) groups is 1. The molecule has 2 heterocycles. The zero-order chi connectivity index (χ0) is 17.8. The molecule has 1 saturated heterocycles. The van der Waals surface area contributed by atoms with Crippen molar-refractivity contribution in [1.29, 1.82) is 0 Å². The molecule has 1 unspecified atom stereocenters. The first kappa shape index (κ1) is 18.2. The van der Waals surface area contributed by atoms with Crippen molar-refractivity contribution < 1.29 is 9.53 Å². The van der Waals surface area contributed by atoms with Gasteiger partial charge >= 0.3 is 0 Å². The van der Waals surface area contributed by atoms with E-state index in [-0.39, 0.29) is 5.91 Å². The summed E-state index contributed by atoms with van der Waals surface area (Å²) in [6.45, 7) is 8.00. The van der Waals surface area contributed by atoms with Gasteiger partial charge in [0.2, 0.25) is 0 Å². The molecule has 0 aliphatic carbocycles. The number of thiophene rings is 1. The molecular formula is C19H23ClN2O2S. The van der Waals surface area contributed by atoms with Crippen LogP contribution in [0, 0.1) is 6.92 Å². The molecule has 1 aliphatic rings. The molecule has 0 saturated carbocycles. The summed E-state index contributed by atoms with van der Waals surface area (Å²) in [5.74, 6) is 0.724. The predicted molar refractivity (Wildman–Crippen MR) is 102 cm³/mol. The predicted octanol–water partition coefficient (Wildman–Crippen LogP) is 3.82. The van der Waals surface area contributed by atoms with Crippen molar-refractivity contribution in [3.05, 3.63) is 51.2 Å². The van der Waals surface area contributed by atoms with Crippen LogP contribution in [0.2, 0.25) is 5.02 Å². The van der Waals surface area contributed by atoms with Crippen molar-refractivity contribution in [2.75, 3.05) is 26.2 Å². The van der Waals surface area contributed by atoms with Crippen LogP contribution in [0.15, 0.2) is 35.7 Å². The second-order valence-electron chi connectivity index (χ2n) is 6.35.